The van der Waals surface area contributed by atoms with Gasteiger partial charge in [0.2, 0.25) is 0 Å². The standard InChI is InChI=1S/C32H18N8/c1-6-17(31-37-27-19-8-2-12-33-23(19)24-20(28(27)38-31)9-3-13-34-24)16-18(7-1)32-39-29-21-10-4-14-35-25(21)26-22(30(29)40-32)11-5-15-36-26/h1-16H,(H,37,38)(H,39,40). The zero-order valence-corrected chi connectivity index (χ0v) is 20.9. The molecule has 0 amide bonds. The van der Waals surface area contributed by atoms with Crippen molar-refractivity contribution in [3.05, 3.63) is 97.6 Å². The lowest BCUT2D eigenvalue weighted by molar-refractivity contribution is 1.31. The fourth-order valence-corrected chi connectivity index (χ4v) is 5.77. The van der Waals surface area contributed by atoms with Crippen LogP contribution in [0.1, 0.15) is 0 Å². The van der Waals surface area contributed by atoms with Gasteiger partial charge in [0, 0.05) is 57.5 Å². The van der Waals surface area contributed by atoms with Gasteiger partial charge in [-0.2, -0.15) is 0 Å². The Balaban J connectivity index is 1.26. The minimum Gasteiger partial charge on any atom is -0.337 e. The van der Waals surface area contributed by atoms with Crippen LogP contribution in [0.5, 0.6) is 0 Å². The lowest BCUT2D eigenvalue weighted by atomic mass is 10.1. The molecule has 0 spiro atoms. The van der Waals surface area contributed by atoms with Crippen molar-refractivity contribution >= 4 is 65.7 Å². The lowest BCUT2D eigenvalue weighted by Gasteiger charge is -2.03. The number of aromatic amines is 2. The molecule has 9 rings (SSSR count). The molecule has 40 heavy (non-hydrogen) atoms. The topological polar surface area (TPSA) is 109 Å². The minimum absolute atomic E-state index is 0.777. The monoisotopic (exact) mass is 514 g/mol. The van der Waals surface area contributed by atoms with Gasteiger partial charge in [-0.05, 0) is 54.6 Å². The zero-order chi connectivity index (χ0) is 26.2. The Kier molecular flexibility index (Phi) is 4.17. The first-order valence-electron chi connectivity index (χ1n) is 13.0. The van der Waals surface area contributed by atoms with E-state index in [9.17, 15) is 0 Å². The average Bonchev–Trinajstić information content (AvgIpc) is 3.68. The van der Waals surface area contributed by atoms with Crippen molar-refractivity contribution in [3.63, 3.8) is 0 Å². The number of aromatic nitrogens is 8. The summed E-state index contributed by atoms with van der Waals surface area (Å²) >= 11 is 0. The molecule has 0 atom stereocenters. The van der Waals surface area contributed by atoms with Crippen LogP contribution >= 0.6 is 0 Å². The summed E-state index contributed by atoms with van der Waals surface area (Å²) in [6.07, 6.45) is 7.19. The highest BCUT2D eigenvalue weighted by atomic mass is 14.9. The van der Waals surface area contributed by atoms with Crippen molar-refractivity contribution in [2.24, 2.45) is 0 Å². The second kappa shape index (κ2) is 7.87. The van der Waals surface area contributed by atoms with E-state index in [1.807, 2.05) is 42.5 Å². The molecular formula is C32H18N8. The number of nitrogens with zero attached hydrogens (tertiary/aromatic N) is 6. The van der Waals surface area contributed by atoms with Crippen LogP contribution < -0.4 is 0 Å². The van der Waals surface area contributed by atoms with Gasteiger partial charge in [-0.15, -0.1) is 0 Å². The first-order valence-corrected chi connectivity index (χ1v) is 13.0. The highest BCUT2D eigenvalue weighted by molar-refractivity contribution is 6.22. The molecular weight excluding hydrogens is 496 g/mol. The molecule has 0 aliphatic heterocycles. The number of imidazole rings is 2. The van der Waals surface area contributed by atoms with Crippen molar-refractivity contribution in [2.75, 3.05) is 0 Å². The van der Waals surface area contributed by atoms with Crippen LogP contribution in [0.25, 0.3) is 88.5 Å². The molecule has 0 aliphatic carbocycles. The van der Waals surface area contributed by atoms with E-state index >= 15 is 0 Å². The van der Waals surface area contributed by atoms with Gasteiger partial charge in [0.05, 0.1) is 44.1 Å². The predicted octanol–water partition coefficient (Wildman–Crippen LogP) is 6.97. The number of rotatable bonds is 2. The molecule has 186 valence electrons. The van der Waals surface area contributed by atoms with Crippen molar-refractivity contribution < 1.29 is 0 Å². The summed E-state index contributed by atoms with van der Waals surface area (Å²) in [6.45, 7) is 0. The Morgan fingerprint density at radius 3 is 1.25 bits per heavy atom. The zero-order valence-electron chi connectivity index (χ0n) is 20.9. The van der Waals surface area contributed by atoms with E-state index in [1.165, 1.54) is 0 Å². The number of hydrogen-bond donors (Lipinski definition) is 2. The summed E-state index contributed by atoms with van der Waals surface area (Å²) in [6, 6.07) is 24.2. The number of H-pyrrole nitrogens is 2. The van der Waals surface area contributed by atoms with E-state index in [0.717, 1.165) is 88.5 Å². The first kappa shape index (κ1) is 21.2. The van der Waals surface area contributed by atoms with Gasteiger partial charge in [-0.3, -0.25) is 19.9 Å². The summed E-state index contributed by atoms with van der Waals surface area (Å²) in [4.78, 5) is 35.7. The lowest BCUT2D eigenvalue weighted by Crippen LogP contribution is -1.86. The fraction of sp³-hybridized carbons (Fsp3) is 0. The first-order chi connectivity index (χ1) is 19.8. The fourth-order valence-electron chi connectivity index (χ4n) is 5.77. The molecule has 0 saturated heterocycles. The number of hydrogen-bond acceptors (Lipinski definition) is 6. The van der Waals surface area contributed by atoms with Crippen LogP contribution in [0.3, 0.4) is 0 Å². The molecule has 3 aromatic carbocycles. The van der Waals surface area contributed by atoms with Gasteiger partial charge in [0.15, 0.2) is 0 Å². The van der Waals surface area contributed by atoms with E-state index in [-0.39, 0.29) is 0 Å². The van der Waals surface area contributed by atoms with Crippen molar-refractivity contribution in [1.29, 1.82) is 0 Å². The normalized spacial score (nSPS) is 12.0. The van der Waals surface area contributed by atoms with Crippen molar-refractivity contribution in [3.8, 4) is 22.8 Å². The second-order valence-electron chi connectivity index (χ2n) is 9.80. The summed E-state index contributed by atoms with van der Waals surface area (Å²) in [5, 5.41) is 3.94. The number of fused-ring (bicyclic) bond motifs is 12. The molecule has 6 heterocycles. The Morgan fingerprint density at radius 2 is 0.800 bits per heavy atom. The second-order valence-corrected chi connectivity index (χ2v) is 9.80. The summed E-state index contributed by atoms with van der Waals surface area (Å²) in [5.74, 6) is 1.55. The maximum atomic E-state index is 5.05. The van der Waals surface area contributed by atoms with Gasteiger partial charge in [0.25, 0.3) is 0 Å². The number of benzene rings is 3. The molecule has 8 nitrogen and oxygen atoms in total. The summed E-state index contributed by atoms with van der Waals surface area (Å²) in [5.41, 5.74) is 9.00. The Hall–Kier alpha value is -5.76. The average molecular weight is 515 g/mol. The molecule has 0 radical (unpaired) electrons. The molecule has 0 saturated carbocycles. The maximum absolute atomic E-state index is 5.05. The van der Waals surface area contributed by atoms with Gasteiger partial charge >= 0.3 is 0 Å². The Morgan fingerprint density at radius 1 is 0.400 bits per heavy atom. The maximum Gasteiger partial charge on any atom is 0.138 e. The van der Waals surface area contributed by atoms with Crippen molar-refractivity contribution in [2.45, 2.75) is 0 Å². The van der Waals surface area contributed by atoms with Gasteiger partial charge < -0.3 is 9.97 Å². The molecule has 2 N–H and O–H groups in total. The Labute approximate surface area is 225 Å². The molecule has 0 unspecified atom stereocenters. The third-order valence-electron chi connectivity index (χ3n) is 7.55. The number of nitrogens with one attached hydrogen (secondary N) is 2. The highest BCUT2D eigenvalue weighted by Crippen LogP contribution is 2.36. The molecule has 9 aromatic rings. The van der Waals surface area contributed by atoms with Crippen LogP contribution in [-0.2, 0) is 0 Å². The van der Waals surface area contributed by atoms with Crippen LogP contribution in [-0.4, -0.2) is 39.9 Å². The van der Waals surface area contributed by atoms with E-state index in [4.69, 9.17) is 9.97 Å². The Bertz CT molecular complexity index is 2140. The van der Waals surface area contributed by atoms with Crippen LogP contribution in [0.2, 0.25) is 0 Å². The molecule has 6 aromatic heterocycles. The quantitative estimate of drug-likeness (QED) is 0.241. The summed E-state index contributed by atoms with van der Waals surface area (Å²) < 4.78 is 0. The SMILES string of the molecule is c1cc(-c2nc3c4cccnc4c4ncccc4c3[nH]2)cc(-c2nc3c4cccnc4c4ncccc4c3[nH]2)c1. The third-order valence-corrected chi connectivity index (χ3v) is 7.55. The largest absolute Gasteiger partial charge is 0.337 e. The molecule has 8 heteroatoms. The summed E-state index contributed by atoms with van der Waals surface area (Å²) in [7, 11) is 0. The highest BCUT2D eigenvalue weighted by Gasteiger charge is 2.17. The van der Waals surface area contributed by atoms with Gasteiger partial charge in [0.1, 0.15) is 11.6 Å². The molecule has 0 aliphatic rings. The predicted molar refractivity (Wildman–Crippen MR) is 158 cm³/mol. The van der Waals surface area contributed by atoms with Crippen LogP contribution in [0.15, 0.2) is 97.6 Å². The van der Waals surface area contributed by atoms with Gasteiger partial charge in [-0.1, -0.05) is 18.2 Å². The smallest absolute Gasteiger partial charge is 0.138 e. The minimum atomic E-state index is 0.777. The van der Waals surface area contributed by atoms with E-state index < -0.39 is 0 Å². The molecule has 0 fully saturated rings. The van der Waals surface area contributed by atoms with E-state index in [2.05, 4.69) is 60.2 Å². The van der Waals surface area contributed by atoms with E-state index in [0.29, 0.717) is 0 Å². The van der Waals surface area contributed by atoms with Crippen molar-refractivity contribution in [1.82, 2.24) is 39.9 Å². The van der Waals surface area contributed by atoms with E-state index in [1.54, 1.807) is 24.8 Å². The third kappa shape index (κ3) is 2.90. The van der Waals surface area contributed by atoms with Gasteiger partial charge in [-0.25, -0.2) is 9.97 Å². The van der Waals surface area contributed by atoms with Crippen LogP contribution in [0, 0.1) is 0 Å². The number of pyridine rings is 4. The molecule has 0 bridgehead atoms. The van der Waals surface area contributed by atoms with Crippen LogP contribution in [0.4, 0.5) is 0 Å².